The predicted octanol–water partition coefficient (Wildman–Crippen LogP) is -0.442. The average Bonchev–Trinajstić information content (AvgIpc) is 2.15. The number of ether oxygens (including phenoxy) is 1. The van der Waals surface area contributed by atoms with Gasteiger partial charge in [0.25, 0.3) is 5.56 Å². The molecule has 0 aromatic carbocycles. The maximum absolute atomic E-state index is 11.3. The van der Waals surface area contributed by atoms with E-state index < -0.39 is 17.2 Å². The second-order valence-electron chi connectivity index (χ2n) is 2.80. The number of nitrogens with one attached hydrogen (secondary N) is 2. The first-order chi connectivity index (χ1) is 7.04. The van der Waals surface area contributed by atoms with Crippen LogP contribution in [0.3, 0.4) is 0 Å². The van der Waals surface area contributed by atoms with Crippen LogP contribution in [0.15, 0.2) is 15.7 Å². The molecule has 0 saturated carbocycles. The van der Waals surface area contributed by atoms with Gasteiger partial charge in [-0.05, 0) is 13.0 Å². The number of esters is 1. The molecular weight excluding hydrogens is 200 g/mol. The molecule has 1 aromatic rings. The molecule has 0 saturated heterocycles. The zero-order valence-corrected chi connectivity index (χ0v) is 8.29. The maximum Gasteiger partial charge on any atom is 0.330 e. The minimum absolute atomic E-state index is 0.222. The molecular formula is C9H10N2O4. The number of H-pyrrole nitrogens is 2. The van der Waals surface area contributed by atoms with Crippen LogP contribution in [0, 0.1) is 6.92 Å². The van der Waals surface area contributed by atoms with Gasteiger partial charge in [-0.3, -0.25) is 9.78 Å². The highest BCUT2D eigenvalue weighted by Gasteiger charge is 2.02. The summed E-state index contributed by atoms with van der Waals surface area (Å²) in [6, 6.07) is 0. The Labute approximate surface area is 84.6 Å². The van der Waals surface area contributed by atoms with Crippen LogP contribution in [0.4, 0.5) is 0 Å². The van der Waals surface area contributed by atoms with E-state index in [0.29, 0.717) is 5.69 Å². The molecule has 15 heavy (non-hydrogen) atoms. The first kappa shape index (κ1) is 11.0. The van der Waals surface area contributed by atoms with Crippen molar-refractivity contribution in [2.45, 2.75) is 6.92 Å². The van der Waals surface area contributed by atoms with Gasteiger partial charge in [0.15, 0.2) is 0 Å². The topological polar surface area (TPSA) is 92.0 Å². The second-order valence-corrected chi connectivity index (χ2v) is 2.80. The third-order valence-corrected chi connectivity index (χ3v) is 1.76. The number of hydrogen-bond acceptors (Lipinski definition) is 4. The lowest BCUT2D eigenvalue weighted by Gasteiger charge is -1.97. The first-order valence-corrected chi connectivity index (χ1v) is 4.14. The van der Waals surface area contributed by atoms with E-state index in [2.05, 4.69) is 14.7 Å². The highest BCUT2D eigenvalue weighted by molar-refractivity contribution is 5.86. The van der Waals surface area contributed by atoms with E-state index in [4.69, 9.17) is 0 Å². The molecule has 0 bridgehead atoms. The van der Waals surface area contributed by atoms with E-state index in [1.165, 1.54) is 13.2 Å². The number of hydrogen-bond donors (Lipinski definition) is 2. The standard InChI is InChI=1S/C9H10N2O4/c1-5-6(3-4-7(12)15-2)8(13)11-9(14)10-5/h3-4H,1-2H3,(H2,10,11,13,14). The lowest BCUT2D eigenvalue weighted by Crippen LogP contribution is -2.25. The molecule has 0 amide bonds. The molecule has 0 aliphatic carbocycles. The monoisotopic (exact) mass is 210 g/mol. The summed E-state index contributed by atoms with van der Waals surface area (Å²) in [5, 5.41) is 0. The maximum atomic E-state index is 11.3. The van der Waals surface area contributed by atoms with Gasteiger partial charge in [-0.25, -0.2) is 9.59 Å². The van der Waals surface area contributed by atoms with Crippen molar-refractivity contribution in [2.24, 2.45) is 0 Å². The highest BCUT2D eigenvalue weighted by Crippen LogP contribution is 1.97. The quantitative estimate of drug-likeness (QED) is 0.511. The zero-order chi connectivity index (χ0) is 11.4. The van der Waals surface area contributed by atoms with Gasteiger partial charge < -0.3 is 9.72 Å². The first-order valence-electron chi connectivity index (χ1n) is 4.14. The van der Waals surface area contributed by atoms with E-state index in [1.807, 2.05) is 0 Å². The summed E-state index contributed by atoms with van der Waals surface area (Å²) in [5.74, 6) is -0.569. The van der Waals surface area contributed by atoms with Crippen molar-refractivity contribution in [1.82, 2.24) is 9.97 Å². The van der Waals surface area contributed by atoms with Gasteiger partial charge >= 0.3 is 11.7 Å². The number of rotatable bonds is 2. The number of carbonyl (C=O) groups excluding carboxylic acids is 1. The Morgan fingerprint density at radius 3 is 2.53 bits per heavy atom. The number of aryl methyl sites for hydroxylation is 1. The molecule has 1 rings (SSSR count). The second kappa shape index (κ2) is 4.41. The lowest BCUT2D eigenvalue weighted by molar-refractivity contribution is -0.134. The Morgan fingerprint density at radius 2 is 2.00 bits per heavy atom. The molecule has 80 valence electrons. The van der Waals surface area contributed by atoms with Crippen LogP contribution in [0.5, 0.6) is 0 Å². The van der Waals surface area contributed by atoms with Crippen LogP contribution in [0.1, 0.15) is 11.3 Å². The normalized spacial score (nSPS) is 10.5. The fraction of sp³-hybridized carbons (Fsp3) is 0.222. The minimum Gasteiger partial charge on any atom is -0.466 e. The molecule has 0 fully saturated rings. The Bertz CT molecular complexity index is 510. The fourth-order valence-electron chi connectivity index (χ4n) is 1.03. The summed E-state index contributed by atoms with van der Waals surface area (Å²) >= 11 is 0. The average molecular weight is 210 g/mol. The van der Waals surface area contributed by atoms with E-state index in [9.17, 15) is 14.4 Å². The molecule has 1 heterocycles. The van der Waals surface area contributed by atoms with Gasteiger partial charge in [-0.2, -0.15) is 0 Å². The van der Waals surface area contributed by atoms with Crippen LogP contribution in [0.2, 0.25) is 0 Å². The van der Waals surface area contributed by atoms with Crippen LogP contribution >= 0.6 is 0 Å². The zero-order valence-electron chi connectivity index (χ0n) is 8.29. The van der Waals surface area contributed by atoms with Gasteiger partial charge in [-0.15, -0.1) is 0 Å². The molecule has 6 heteroatoms. The summed E-state index contributed by atoms with van der Waals surface area (Å²) in [5.41, 5.74) is -0.506. The molecule has 0 aliphatic rings. The summed E-state index contributed by atoms with van der Waals surface area (Å²) in [4.78, 5) is 37.4. The van der Waals surface area contributed by atoms with E-state index in [-0.39, 0.29) is 5.56 Å². The molecule has 1 aromatic heterocycles. The van der Waals surface area contributed by atoms with Crippen molar-refractivity contribution in [2.75, 3.05) is 7.11 Å². The number of methoxy groups -OCH3 is 1. The van der Waals surface area contributed by atoms with Crippen molar-refractivity contribution in [3.05, 3.63) is 38.2 Å². The van der Waals surface area contributed by atoms with Crippen molar-refractivity contribution >= 4 is 12.0 Å². The van der Waals surface area contributed by atoms with E-state index in [0.717, 1.165) is 6.08 Å². The van der Waals surface area contributed by atoms with Crippen LogP contribution in [-0.4, -0.2) is 23.0 Å². The highest BCUT2D eigenvalue weighted by atomic mass is 16.5. The molecule has 2 N–H and O–H groups in total. The Morgan fingerprint density at radius 1 is 1.33 bits per heavy atom. The van der Waals surface area contributed by atoms with Gasteiger partial charge in [0.2, 0.25) is 0 Å². The molecule has 6 nitrogen and oxygen atoms in total. The summed E-state index contributed by atoms with van der Waals surface area (Å²) in [6.07, 6.45) is 2.39. The summed E-state index contributed by atoms with van der Waals surface area (Å²) < 4.78 is 4.37. The Hall–Kier alpha value is -2.11. The third-order valence-electron chi connectivity index (χ3n) is 1.76. The lowest BCUT2D eigenvalue weighted by atomic mass is 10.2. The largest absolute Gasteiger partial charge is 0.466 e. The molecule has 0 unspecified atom stereocenters. The molecule has 0 spiro atoms. The number of carbonyl (C=O) groups is 1. The minimum atomic E-state index is -0.576. The number of aromatic amines is 2. The van der Waals surface area contributed by atoms with Crippen molar-refractivity contribution in [3.63, 3.8) is 0 Å². The van der Waals surface area contributed by atoms with Gasteiger partial charge in [-0.1, -0.05) is 0 Å². The van der Waals surface area contributed by atoms with Gasteiger partial charge in [0.1, 0.15) is 0 Å². The van der Waals surface area contributed by atoms with E-state index in [1.54, 1.807) is 6.92 Å². The van der Waals surface area contributed by atoms with Gasteiger partial charge in [0.05, 0.1) is 12.7 Å². The van der Waals surface area contributed by atoms with Crippen LogP contribution in [-0.2, 0) is 9.53 Å². The van der Waals surface area contributed by atoms with Crippen molar-refractivity contribution < 1.29 is 9.53 Å². The molecule has 0 atom stereocenters. The SMILES string of the molecule is COC(=O)C=Cc1c(C)[nH]c(=O)[nH]c1=O. The fourth-order valence-corrected chi connectivity index (χ4v) is 1.03. The van der Waals surface area contributed by atoms with Crippen molar-refractivity contribution in [3.8, 4) is 0 Å². The number of aromatic nitrogens is 2. The Kier molecular flexibility index (Phi) is 3.22. The van der Waals surface area contributed by atoms with Crippen LogP contribution in [0.25, 0.3) is 6.08 Å². The third kappa shape index (κ3) is 2.67. The van der Waals surface area contributed by atoms with E-state index >= 15 is 0 Å². The van der Waals surface area contributed by atoms with Gasteiger partial charge in [0, 0.05) is 11.8 Å². The van der Waals surface area contributed by atoms with Crippen LogP contribution < -0.4 is 11.2 Å². The summed E-state index contributed by atoms with van der Waals surface area (Å²) in [6.45, 7) is 1.56. The van der Waals surface area contributed by atoms with Crippen molar-refractivity contribution in [1.29, 1.82) is 0 Å². The predicted molar refractivity (Wildman–Crippen MR) is 53.5 cm³/mol. The molecule has 0 aliphatic heterocycles. The Balaban J connectivity index is 3.16. The smallest absolute Gasteiger partial charge is 0.330 e. The molecule has 0 radical (unpaired) electrons. The summed E-state index contributed by atoms with van der Waals surface area (Å²) in [7, 11) is 1.23.